The molecule has 3 fully saturated rings. The molecule has 536 valence electrons. The van der Waals surface area contributed by atoms with Crippen LogP contribution < -0.4 is 16.0 Å². The van der Waals surface area contributed by atoms with Crippen LogP contribution in [0.15, 0.2) is 0 Å². The molecular weight excluding hydrogens is 1290 g/mol. The van der Waals surface area contributed by atoms with Gasteiger partial charge in [0, 0.05) is 47.2 Å². The summed E-state index contributed by atoms with van der Waals surface area (Å²) in [5, 5.41) is 98.0. The molecule has 40 heteroatoms. The third-order valence-corrected chi connectivity index (χ3v) is 16.6. The minimum Gasteiger partial charge on any atom is -0.394 e. The Morgan fingerprint density at radius 3 is 0.890 bits per heavy atom. The Bertz CT molecular complexity index is 2010. The number of carbonyl (C=O) groups is 3. The molecule has 0 radical (unpaired) electrons. The Hall–Kier alpha value is -2.02. The molecule has 0 aromatic heterocycles. The first-order valence-electron chi connectivity index (χ1n) is 29.5. The van der Waals surface area contributed by atoms with Gasteiger partial charge >= 0.3 is 23.5 Å². The van der Waals surface area contributed by atoms with Gasteiger partial charge in [0.2, 0.25) is 17.7 Å². The monoisotopic (exact) mass is 1390 g/mol. The summed E-state index contributed by atoms with van der Waals surface area (Å²) >= 11 is 0. The Morgan fingerprint density at radius 2 is 0.648 bits per heavy atom. The van der Waals surface area contributed by atoms with Crippen molar-refractivity contribution in [2.45, 2.75) is 166 Å². The third kappa shape index (κ3) is 31.8. The quantitative estimate of drug-likeness (QED) is 0.0206. The molecule has 3 heterocycles. The predicted molar refractivity (Wildman–Crippen MR) is 307 cm³/mol. The first kappa shape index (κ1) is 83.2. The number of hydrogen-bond acceptors (Lipinski definition) is 31. The van der Waals surface area contributed by atoms with Gasteiger partial charge in [-0.2, -0.15) is 0 Å². The number of phosphoric ester groups is 3. The predicted octanol–water partition coefficient (Wildman–Crippen LogP) is -3.68. The lowest BCUT2D eigenvalue weighted by molar-refractivity contribution is -0.271. The lowest BCUT2D eigenvalue weighted by atomic mass is 9.90. The van der Waals surface area contributed by atoms with Gasteiger partial charge in [-0.05, 0) is 37.5 Å². The summed E-state index contributed by atoms with van der Waals surface area (Å²) in [4.78, 5) is 66.3. The number of aliphatic hydroxyl groups excluding tert-OH is 9. The van der Waals surface area contributed by atoms with Crippen molar-refractivity contribution in [3.63, 3.8) is 0 Å². The molecule has 3 unspecified atom stereocenters. The van der Waals surface area contributed by atoms with E-state index in [0.29, 0.717) is 13.0 Å². The molecule has 0 bridgehead atoms. The smallest absolute Gasteiger partial charge is 0.394 e. The highest BCUT2D eigenvalue weighted by Gasteiger charge is 2.48. The minimum absolute atomic E-state index is 0.0115. The Morgan fingerprint density at radius 1 is 0.396 bits per heavy atom. The van der Waals surface area contributed by atoms with Crippen LogP contribution >= 0.6 is 23.5 Å². The third-order valence-electron chi connectivity index (χ3n) is 13.5. The van der Waals surface area contributed by atoms with Crippen molar-refractivity contribution in [2.24, 2.45) is 10.8 Å². The molecule has 15 N–H and O–H groups in total. The summed E-state index contributed by atoms with van der Waals surface area (Å²) in [5.74, 6) is -1.77. The molecule has 3 saturated heterocycles. The largest absolute Gasteiger partial charge is 0.472 e. The maximum absolute atomic E-state index is 12.8. The molecule has 0 aromatic rings. The van der Waals surface area contributed by atoms with E-state index in [9.17, 15) is 88.7 Å². The number of ether oxygens (including phenoxy) is 10. The fourth-order valence-corrected chi connectivity index (χ4v) is 11.3. The van der Waals surface area contributed by atoms with Gasteiger partial charge in [-0.25, -0.2) is 13.7 Å². The lowest BCUT2D eigenvalue weighted by Crippen LogP contribution is -2.64. The number of carbonyl (C=O) groups excluding carboxylic acids is 3. The summed E-state index contributed by atoms with van der Waals surface area (Å²) in [6.45, 7) is 3.40. The van der Waals surface area contributed by atoms with E-state index in [1.807, 2.05) is 0 Å². The molecule has 0 saturated carbocycles. The van der Waals surface area contributed by atoms with Crippen LogP contribution in [0.1, 0.15) is 73.6 Å². The van der Waals surface area contributed by atoms with Gasteiger partial charge in [0.25, 0.3) is 0 Å². The van der Waals surface area contributed by atoms with Crippen LogP contribution in [0.4, 0.5) is 0 Å². The summed E-state index contributed by atoms with van der Waals surface area (Å²) in [5.41, 5.74) is -1.11. The molecule has 37 nitrogen and oxygen atoms in total. The normalized spacial score (nSPS) is 29.9. The highest BCUT2D eigenvalue weighted by molar-refractivity contribution is 7.47. The number of nitrogens with one attached hydrogen (secondary N) is 3. The summed E-state index contributed by atoms with van der Waals surface area (Å²) in [6.07, 6.45) is -15.8. The number of phosphoric acid groups is 3. The maximum atomic E-state index is 12.8. The molecule has 3 aliphatic heterocycles. The van der Waals surface area contributed by atoms with Gasteiger partial charge in [-0.15, -0.1) is 0 Å². The minimum atomic E-state index is -4.70. The molecule has 3 amide bonds. The Kier molecular flexibility index (Phi) is 38.3. The summed E-state index contributed by atoms with van der Waals surface area (Å²) in [6, 6.07) is -3.79. The average Bonchev–Trinajstić information content (AvgIpc) is 1.18. The van der Waals surface area contributed by atoms with Gasteiger partial charge in [0.05, 0.1) is 111 Å². The fourth-order valence-electron chi connectivity index (χ4n) is 9.03. The van der Waals surface area contributed by atoms with Crippen molar-refractivity contribution in [1.29, 1.82) is 0 Å². The SMILES string of the molecule is CC(=O)N[C@H]1[C@H](OCCOP(=O)(O)OCCCOCC(COCCCOP(=O)(O)OCCO[C@@H]2O[C@H](CO)[C@H](O)[C@H](O)[C@H]2NC(C)=O)(COCCCOP(=O)(O)OCCO[C@@H]2O[C@H](CO)[C@H](O)[C@H](O)[C@H]2NC(C)=O)COCCCC(C)(C)C)O[C@H](CO)[C@H](O)[C@@H]1O. The van der Waals surface area contributed by atoms with Gasteiger partial charge in [0.15, 0.2) is 18.9 Å². The topological polar surface area (TPSA) is 529 Å². The van der Waals surface area contributed by atoms with Crippen LogP contribution in [0.5, 0.6) is 0 Å². The molecule has 3 rings (SSSR count). The second-order valence-electron chi connectivity index (χ2n) is 22.8. The van der Waals surface area contributed by atoms with Crippen LogP contribution in [-0.2, 0) is 103 Å². The van der Waals surface area contributed by atoms with Crippen molar-refractivity contribution >= 4 is 41.2 Å². The van der Waals surface area contributed by atoms with Crippen molar-refractivity contribution in [3.05, 3.63) is 0 Å². The zero-order valence-corrected chi connectivity index (χ0v) is 54.7. The van der Waals surface area contributed by atoms with Crippen LogP contribution in [0.25, 0.3) is 0 Å². The van der Waals surface area contributed by atoms with E-state index in [0.717, 1.165) is 27.2 Å². The second kappa shape index (κ2) is 41.9. The maximum Gasteiger partial charge on any atom is 0.472 e. The number of rotatable bonds is 47. The van der Waals surface area contributed by atoms with E-state index in [1.165, 1.54) is 0 Å². The summed E-state index contributed by atoms with van der Waals surface area (Å²) < 4.78 is 126. The van der Waals surface area contributed by atoms with Crippen molar-refractivity contribution in [1.82, 2.24) is 16.0 Å². The number of hydrogen-bond donors (Lipinski definition) is 15. The van der Waals surface area contributed by atoms with Gasteiger partial charge in [-0.1, -0.05) is 20.8 Å². The fraction of sp³-hybridized carbons (Fsp3) is 0.941. The zero-order valence-electron chi connectivity index (χ0n) is 52.0. The van der Waals surface area contributed by atoms with E-state index in [4.69, 9.17) is 74.5 Å². The highest BCUT2D eigenvalue weighted by Crippen LogP contribution is 2.45. The van der Waals surface area contributed by atoms with E-state index in [2.05, 4.69) is 36.7 Å². The Balaban J connectivity index is 1.61. The molecule has 0 aliphatic carbocycles. The van der Waals surface area contributed by atoms with Crippen LogP contribution in [0.3, 0.4) is 0 Å². The molecule has 0 spiro atoms. The van der Waals surface area contributed by atoms with Crippen LogP contribution in [0, 0.1) is 10.8 Å². The number of amides is 3. The van der Waals surface area contributed by atoms with Crippen molar-refractivity contribution < 1.29 is 163 Å². The zero-order chi connectivity index (χ0) is 68.0. The van der Waals surface area contributed by atoms with E-state index < -0.39 is 198 Å². The number of aliphatic hydroxyl groups is 9. The lowest BCUT2D eigenvalue weighted by Gasteiger charge is -2.42. The van der Waals surface area contributed by atoms with Crippen LogP contribution in [0.2, 0.25) is 0 Å². The van der Waals surface area contributed by atoms with E-state index in [1.54, 1.807) is 0 Å². The highest BCUT2D eigenvalue weighted by atomic mass is 31.2. The van der Waals surface area contributed by atoms with Crippen molar-refractivity contribution in [3.8, 4) is 0 Å². The standard InChI is InChI=1S/C51H98N3O34P3/c1-32(58)52-38-44(64)41(61)35(25-55)86-47(38)77-19-22-83-89(67,68)80-16-8-13-74-29-51(28-73-12-7-11-50(4,5)6,30-75-14-9-17-81-90(69,70)84-23-20-78-48-39(53-33(2)59)45(65)42(62)36(26-56)87-48)31-76-15-10-18-82-91(71,72)85-24-21-79-49-40(54-34(3)60)46(66)43(63)37(27-57)88-49/h35-49,55-57,61-66H,7-31H2,1-6H3,(H,52,58)(H,53,59)(H,54,60)(H,67,68)(H,69,70)(H,71,72)/t35-,36-,37-,38-,39-,40-,41+,42+,43+,44-,45-,46-,47-,48-,49-/m1/s1. The molecule has 0 aromatic carbocycles. The molecule has 3 aliphatic rings. The Labute approximate surface area is 527 Å². The second-order valence-corrected chi connectivity index (χ2v) is 27.1. The first-order valence-corrected chi connectivity index (χ1v) is 34.0. The van der Waals surface area contributed by atoms with E-state index in [-0.39, 0.29) is 90.7 Å². The van der Waals surface area contributed by atoms with Crippen molar-refractivity contribution in [2.75, 3.05) is 132 Å². The molecule has 18 atom stereocenters. The van der Waals surface area contributed by atoms with Gasteiger partial charge in [-0.3, -0.25) is 41.5 Å². The van der Waals surface area contributed by atoms with E-state index >= 15 is 0 Å². The average molecular weight is 1390 g/mol. The van der Waals surface area contributed by atoms with Crippen LogP contribution in [-0.4, -0.2) is 302 Å². The van der Waals surface area contributed by atoms with Gasteiger partial charge < -0.3 is 124 Å². The molecule has 91 heavy (non-hydrogen) atoms. The molecular formula is C51H98N3O34P3. The first-order chi connectivity index (χ1) is 42.8. The summed E-state index contributed by atoms with van der Waals surface area (Å²) in [7, 11) is -14.1. The van der Waals surface area contributed by atoms with Gasteiger partial charge in [0.1, 0.15) is 73.1 Å².